The first-order valence-corrected chi connectivity index (χ1v) is 11.0. The van der Waals surface area contributed by atoms with Crippen LogP contribution in [0.4, 0.5) is 10.1 Å². The highest BCUT2D eigenvalue weighted by Gasteiger charge is 2.38. The van der Waals surface area contributed by atoms with E-state index in [1.165, 1.54) is 11.0 Å². The lowest BCUT2D eigenvalue weighted by Crippen LogP contribution is -2.51. The molecule has 2 heterocycles. The van der Waals surface area contributed by atoms with Crippen LogP contribution in [0.25, 0.3) is 0 Å². The minimum Gasteiger partial charge on any atom is -0.369 e. The van der Waals surface area contributed by atoms with Crippen LogP contribution in [-0.4, -0.2) is 34.8 Å². The van der Waals surface area contributed by atoms with Crippen LogP contribution >= 0.6 is 0 Å². The Morgan fingerprint density at radius 2 is 1.88 bits per heavy atom. The minimum atomic E-state index is -0.563. The van der Waals surface area contributed by atoms with E-state index in [1.807, 2.05) is 51.1 Å². The topological polar surface area (TPSA) is 79.0 Å². The van der Waals surface area contributed by atoms with Gasteiger partial charge in [0.1, 0.15) is 5.82 Å². The highest BCUT2D eigenvalue weighted by Crippen LogP contribution is 2.34. The number of carbonyl (C=O) groups excluding carboxylic acids is 2. The molecule has 7 heteroatoms. The molecule has 2 aliphatic rings. The zero-order chi connectivity index (χ0) is 23.0. The van der Waals surface area contributed by atoms with Gasteiger partial charge in [0.15, 0.2) is 5.96 Å². The average molecular weight is 437 g/mol. The van der Waals surface area contributed by atoms with E-state index in [4.69, 9.17) is 5.73 Å². The van der Waals surface area contributed by atoms with Crippen LogP contribution in [-0.2, 0) is 16.1 Å². The number of amides is 2. The Bertz CT molecular complexity index is 1070. The molecule has 0 aromatic heterocycles. The van der Waals surface area contributed by atoms with Gasteiger partial charge in [-0.15, -0.1) is 0 Å². The molecule has 2 atom stereocenters. The van der Waals surface area contributed by atoms with Crippen LogP contribution in [0.15, 0.2) is 53.5 Å². The summed E-state index contributed by atoms with van der Waals surface area (Å²) in [6.45, 7) is 6.42. The van der Waals surface area contributed by atoms with Crippen molar-refractivity contribution in [2.24, 2.45) is 16.6 Å². The van der Waals surface area contributed by atoms with E-state index in [9.17, 15) is 14.0 Å². The SMILES string of the molecule is CC(C)C1(C)CC(=O)N(Cc2cc(N3CC(c4ccccc4)CC3=O)ccc2F)C(N)=N1. The lowest BCUT2D eigenvalue weighted by Gasteiger charge is -2.37. The summed E-state index contributed by atoms with van der Waals surface area (Å²) in [4.78, 5) is 33.1. The molecular weight excluding hydrogens is 407 g/mol. The number of halogens is 1. The van der Waals surface area contributed by atoms with Gasteiger partial charge in [0.2, 0.25) is 11.8 Å². The van der Waals surface area contributed by atoms with E-state index in [1.54, 1.807) is 17.0 Å². The zero-order valence-electron chi connectivity index (χ0n) is 18.7. The second kappa shape index (κ2) is 8.37. The maximum Gasteiger partial charge on any atom is 0.232 e. The van der Waals surface area contributed by atoms with Crippen molar-refractivity contribution in [1.29, 1.82) is 0 Å². The number of hydrogen-bond donors (Lipinski definition) is 1. The minimum absolute atomic E-state index is 0.000707. The van der Waals surface area contributed by atoms with E-state index < -0.39 is 11.4 Å². The predicted molar refractivity (Wildman–Crippen MR) is 123 cm³/mol. The van der Waals surface area contributed by atoms with Gasteiger partial charge in [-0.3, -0.25) is 14.5 Å². The Balaban J connectivity index is 1.56. The summed E-state index contributed by atoms with van der Waals surface area (Å²) in [5.74, 6) is -0.288. The van der Waals surface area contributed by atoms with E-state index >= 15 is 0 Å². The first-order chi connectivity index (χ1) is 15.2. The van der Waals surface area contributed by atoms with Crippen LogP contribution in [0.5, 0.6) is 0 Å². The Morgan fingerprint density at radius 3 is 2.53 bits per heavy atom. The van der Waals surface area contributed by atoms with E-state index in [0.29, 0.717) is 24.2 Å². The summed E-state index contributed by atoms with van der Waals surface area (Å²) in [5.41, 5.74) is 7.59. The summed E-state index contributed by atoms with van der Waals surface area (Å²) in [7, 11) is 0. The molecule has 2 aliphatic heterocycles. The molecule has 2 aromatic rings. The highest BCUT2D eigenvalue weighted by atomic mass is 19.1. The third-order valence-electron chi connectivity index (χ3n) is 6.77. The molecule has 2 unspecified atom stereocenters. The van der Waals surface area contributed by atoms with Crippen molar-refractivity contribution in [1.82, 2.24) is 4.90 Å². The summed E-state index contributed by atoms with van der Waals surface area (Å²) in [6.07, 6.45) is 0.630. The third-order valence-corrected chi connectivity index (χ3v) is 6.77. The molecule has 2 aromatic carbocycles. The average Bonchev–Trinajstić information content (AvgIpc) is 3.14. The Hall–Kier alpha value is -3.22. The first-order valence-electron chi connectivity index (χ1n) is 11.0. The number of rotatable bonds is 5. The van der Waals surface area contributed by atoms with Crippen molar-refractivity contribution in [3.05, 3.63) is 65.5 Å². The van der Waals surface area contributed by atoms with E-state index in [0.717, 1.165) is 5.56 Å². The van der Waals surface area contributed by atoms with Gasteiger partial charge in [-0.1, -0.05) is 44.2 Å². The number of aliphatic imine (C=N–C) groups is 1. The number of benzene rings is 2. The van der Waals surface area contributed by atoms with Gasteiger partial charge in [0.05, 0.1) is 18.5 Å². The molecule has 1 fully saturated rings. The van der Waals surface area contributed by atoms with Gasteiger partial charge in [-0.05, 0) is 36.6 Å². The predicted octanol–water partition coefficient (Wildman–Crippen LogP) is 3.81. The highest BCUT2D eigenvalue weighted by molar-refractivity contribution is 5.99. The van der Waals surface area contributed by atoms with Crippen LogP contribution < -0.4 is 10.6 Å². The molecule has 4 rings (SSSR count). The van der Waals surface area contributed by atoms with Gasteiger partial charge in [0, 0.05) is 30.1 Å². The number of nitrogens with zero attached hydrogens (tertiary/aromatic N) is 3. The molecule has 1 saturated heterocycles. The van der Waals surface area contributed by atoms with Gasteiger partial charge in [0.25, 0.3) is 0 Å². The lowest BCUT2D eigenvalue weighted by atomic mass is 9.84. The maximum atomic E-state index is 14.7. The fourth-order valence-corrected chi connectivity index (χ4v) is 4.32. The molecule has 0 bridgehead atoms. The number of guanidine groups is 1. The van der Waals surface area contributed by atoms with Crippen molar-refractivity contribution in [2.75, 3.05) is 11.4 Å². The van der Waals surface area contributed by atoms with Crippen molar-refractivity contribution >= 4 is 23.5 Å². The van der Waals surface area contributed by atoms with Gasteiger partial charge < -0.3 is 10.6 Å². The van der Waals surface area contributed by atoms with Gasteiger partial charge in [-0.2, -0.15) is 0 Å². The molecule has 0 aliphatic carbocycles. The molecule has 32 heavy (non-hydrogen) atoms. The second-order valence-electron chi connectivity index (χ2n) is 9.23. The van der Waals surface area contributed by atoms with Gasteiger partial charge >= 0.3 is 0 Å². The van der Waals surface area contributed by atoms with Crippen LogP contribution in [0.1, 0.15) is 50.7 Å². The van der Waals surface area contributed by atoms with Crippen molar-refractivity contribution in [2.45, 2.75) is 51.6 Å². The number of carbonyl (C=O) groups is 2. The van der Waals surface area contributed by atoms with Crippen LogP contribution in [0, 0.1) is 11.7 Å². The molecule has 0 radical (unpaired) electrons. The summed E-state index contributed by atoms with van der Waals surface area (Å²) < 4.78 is 14.7. The van der Waals surface area contributed by atoms with Crippen LogP contribution in [0.3, 0.4) is 0 Å². The van der Waals surface area contributed by atoms with Crippen molar-refractivity contribution in [3.63, 3.8) is 0 Å². The fraction of sp³-hybridized carbons (Fsp3) is 0.400. The second-order valence-corrected chi connectivity index (χ2v) is 9.23. The number of hydrogen-bond acceptors (Lipinski definition) is 4. The molecule has 0 saturated carbocycles. The van der Waals surface area contributed by atoms with Gasteiger partial charge in [-0.25, -0.2) is 9.38 Å². The molecular formula is C25H29FN4O2. The quantitative estimate of drug-likeness (QED) is 0.774. The third kappa shape index (κ3) is 4.11. The Labute approximate surface area is 187 Å². The Kier molecular flexibility index (Phi) is 5.75. The first kappa shape index (κ1) is 22.0. The largest absolute Gasteiger partial charge is 0.369 e. The summed E-state index contributed by atoms with van der Waals surface area (Å²) in [6, 6.07) is 14.5. The lowest BCUT2D eigenvalue weighted by molar-refractivity contribution is -0.130. The van der Waals surface area contributed by atoms with Crippen molar-refractivity contribution in [3.8, 4) is 0 Å². The molecule has 6 nitrogen and oxygen atoms in total. The summed E-state index contributed by atoms with van der Waals surface area (Å²) >= 11 is 0. The summed E-state index contributed by atoms with van der Waals surface area (Å²) in [5, 5.41) is 0. The zero-order valence-corrected chi connectivity index (χ0v) is 18.7. The molecule has 0 spiro atoms. The van der Waals surface area contributed by atoms with E-state index in [-0.39, 0.29) is 42.6 Å². The fourth-order valence-electron chi connectivity index (χ4n) is 4.32. The van der Waals surface area contributed by atoms with E-state index in [2.05, 4.69) is 4.99 Å². The molecule has 2 amide bonds. The molecule has 168 valence electrons. The Morgan fingerprint density at radius 1 is 1.16 bits per heavy atom. The molecule has 2 N–H and O–H groups in total. The monoisotopic (exact) mass is 436 g/mol. The standard InChI is InChI=1S/C25H29FN4O2/c1-16(2)25(3)13-23(32)30(24(27)28-25)15-19-11-20(9-10-21(19)26)29-14-18(12-22(29)31)17-7-5-4-6-8-17/h4-11,16,18H,12-15H2,1-3H3,(H2,27,28). The normalized spacial score (nSPS) is 23.8. The number of nitrogens with two attached hydrogens (primary N) is 1. The van der Waals surface area contributed by atoms with Crippen LogP contribution in [0.2, 0.25) is 0 Å². The smallest absolute Gasteiger partial charge is 0.232 e. The van der Waals surface area contributed by atoms with Crippen molar-refractivity contribution < 1.29 is 14.0 Å². The maximum absolute atomic E-state index is 14.7. The number of anilines is 1.